The van der Waals surface area contributed by atoms with Crippen molar-refractivity contribution in [2.24, 2.45) is 5.92 Å². The second kappa shape index (κ2) is 5.70. The van der Waals surface area contributed by atoms with Crippen molar-refractivity contribution >= 4 is 11.8 Å². The van der Waals surface area contributed by atoms with Gasteiger partial charge in [0.15, 0.2) is 0 Å². The molecule has 3 heterocycles. The number of ether oxygens (including phenoxy) is 1. The van der Waals surface area contributed by atoms with Crippen molar-refractivity contribution in [1.82, 2.24) is 5.32 Å². The molecule has 3 rings (SSSR count). The molecular formula is C14H25NO2S. The van der Waals surface area contributed by atoms with Crippen LogP contribution in [0.5, 0.6) is 0 Å². The van der Waals surface area contributed by atoms with Gasteiger partial charge in [-0.05, 0) is 62.5 Å². The summed E-state index contributed by atoms with van der Waals surface area (Å²) in [6.07, 6.45) is 6.66. The summed E-state index contributed by atoms with van der Waals surface area (Å²) < 4.78 is 6.10. The molecule has 4 heteroatoms. The van der Waals surface area contributed by atoms with E-state index in [4.69, 9.17) is 4.74 Å². The second-order valence-corrected chi connectivity index (χ2v) is 7.31. The molecule has 0 aliphatic carbocycles. The lowest BCUT2D eigenvalue weighted by atomic mass is 9.78. The van der Waals surface area contributed by atoms with Gasteiger partial charge < -0.3 is 15.2 Å². The predicted molar refractivity (Wildman–Crippen MR) is 75.0 cm³/mol. The van der Waals surface area contributed by atoms with E-state index in [9.17, 15) is 5.11 Å². The maximum atomic E-state index is 10.6. The van der Waals surface area contributed by atoms with Crippen molar-refractivity contribution in [2.45, 2.75) is 56.3 Å². The Morgan fingerprint density at radius 2 is 2.11 bits per heavy atom. The molecular weight excluding hydrogens is 246 g/mol. The lowest BCUT2D eigenvalue weighted by Crippen LogP contribution is -2.49. The Kier molecular flexibility index (Phi) is 4.18. The van der Waals surface area contributed by atoms with E-state index in [-0.39, 0.29) is 11.7 Å². The third-order valence-corrected chi connectivity index (χ3v) is 5.91. The van der Waals surface area contributed by atoms with Gasteiger partial charge in [0.25, 0.3) is 0 Å². The van der Waals surface area contributed by atoms with E-state index in [1.165, 1.54) is 30.8 Å². The first-order valence-corrected chi connectivity index (χ1v) is 8.58. The van der Waals surface area contributed by atoms with E-state index in [1.54, 1.807) is 0 Å². The first-order chi connectivity index (χ1) is 8.79. The van der Waals surface area contributed by atoms with Crippen LogP contribution in [0, 0.1) is 5.92 Å². The molecule has 0 aromatic carbocycles. The van der Waals surface area contributed by atoms with Gasteiger partial charge >= 0.3 is 0 Å². The van der Waals surface area contributed by atoms with Gasteiger partial charge in [-0.1, -0.05) is 0 Å². The fourth-order valence-electron chi connectivity index (χ4n) is 3.78. The monoisotopic (exact) mass is 271 g/mol. The molecule has 3 saturated heterocycles. The highest BCUT2D eigenvalue weighted by atomic mass is 32.2. The van der Waals surface area contributed by atoms with Crippen LogP contribution in [0.15, 0.2) is 0 Å². The molecule has 0 radical (unpaired) electrons. The zero-order valence-corrected chi connectivity index (χ0v) is 11.9. The molecule has 104 valence electrons. The molecule has 0 aromatic rings. The van der Waals surface area contributed by atoms with E-state index in [1.807, 2.05) is 11.8 Å². The molecule has 3 atom stereocenters. The van der Waals surface area contributed by atoms with Crippen molar-refractivity contribution in [2.75, 3.05) is 24.7 Å². The van der Waals surface area contributed by atoms with Crippen LogP contribution < -0.4 is 5.32 Å². The van der Waals surface area contributed by atoms with Crippen LogP contribution in [0.25, 0.3) is 0 Å². The average Bonchev–Trinajstić information content (AvgIpc) is 2.93. The van der Waals surface area contributed by atoms with Crippen molar-refractivity contribution in [3.63, 3.8) is 0 Å². The van der Waals surface area contributed by atoms with Crippen molar-refractivity contribution in [3.8, 4) is 0 Å². The summed E-state index contributed by atoms with van der Waals surface area (Å²) in [5.74, 6) is 2.90. The molecule has 3 aliphatic heterocycles. The van der Waals surface area contributed by atoms with E-state index in [2.05, 4.69) is 5.32 Å². The predicted octanol–water partition coefficient (Wildman–Crippen LogP) is 1.79. The van der Waals surface area contributed by atoms with Crippen LogP contribution >= 0.6 is 11.8 Å². The normalized spacial score (nSPS) is 37.8. The number of aliphatic hydroxyl groups excluding tert-OH is 1. The van der Waals surface area contributed by atoms with E-state index >= 15 is 0 Å². The Labute approximate surface area is 114 Å². The summed E-state index contributed by atoms with van der Waals surface area (Å²) in [5, 5.41) is 14.0. The smallest absolute Gasteiger partial charge is 0.0723 e. The zero-order valence-electron chi connectivity index (χ0n) is 11.1. The minimum atomic E-state index is -0.164. The maximum Gasteiger partial charge on any atom is 0.0723 e. The van der Waals surface area contributed by atoms with Crippen LogP contribution in [-0.2, 0) is 4.74 Å². The van der Waals surface area contributed by atoms with Gasteiger partial charge in [-0.3, -0.25) is 0 Å². The first kappa shape index (κ1) is 13.2. The van der Waals surface area contributed by atoms with Crippen LogP contribution in [0.1, 0.15) is 38.5 Å². The Balaban J connectivity index is 1.62. The molecule has 0 aromatic heterocycles. The lowest BCUT2D eigenvalue weighted by molar-refractivity contribution is -0.123. The summed E-state index contributed by atoms with van der Waals surface area (Å²) in [7, 11) is 0. The van der Waals surface area contributed by atoms with E-state index in [0.29, 0.717) is 12.0 Å². The molecule has 3 nitrogen and oxygen atoms in total. The van der Waals surface area contributed by atoms with Crippen molar-refractivity contribution < 1.29 is 9.84 Å². The number of hydrogen-bond acceptors (Lipinski definition) is 4. The quantitative estimate of drug-likeness (QED) is 0.803. The molecule has 0 amide bonds. The lowest BCUT2D eigenvalue weighted by Gasteiger charge is -2.45. The van der Waals surface area contributed by atoms with Crippen molar-refractivity contribution in [1.29, 1.82) is 0 Å². The molecule has 18 heavy (non-hydrogen) atoms. The minimum absolute atomic E-state index is 0.105. The summed E-state index contributed by atoms with van der Waals surface area (Å²) in [6, 6.07) is 0.336. The Hall–Kier alpha value is 0.230. The summed E-state index contributed by atoms with van der Waals surface area (Å²) in [6.45, 7) is 1.92. The Morgan fingerprint density at radius 3 is 2.83 bits per heavy atom. The van der Waals surface area contributed by atoms with Gasteiger partial charge in [-0.15, -0.1) is 0 Å². The molecule has 0 saturated carbocycles. The topological polar surface area (TPSA) is 41.5 Å². The fourth-order valence-corrected chi connectivity index (χ4v) is 5.02. The van der Waals surface area contributed by atoms with Gasteiger partial charge in [0.2, 0.25) is 0 Å². The summed E-state index contributed by atoms with van der Waals surface area (Å²) in [5.41, 5.74) is 0.105. The number of hydrogen-bond donors (Lipinski definition) is 2. The zero-order chi connectivity index (χ0) is 12.4. The van der Waals surface area contributed by atoms with Crippen LogP contribution in [0.2, 0.25) is 0 Å². The standard InChI is InChI=1S/C14H25NO2S/c16-13(12-2-1-6-15-12)11-3-7-17-14(10-11)4-8-18-9-5-14/h11-13,15-16H,1-10H2. The molecule has 3 unspecified atom stereocenters. The SMILES string of the molecule is OC(C1CCOC2(CCSCC2)C1)C1CCCN1. The Morgan fingerprint density at radius 1 is 1.28 bits per heavy atom. The highest BCUT2D eigenvalue weighted by Gasteiger charge is 2.42. The van der Waals surface area contributed by atoms with Gasteiger partial charge in [0, 0.05) is 12.6 Å². The summed E-state index contributed by atoms with van der Waals surface area (Å²) in [4.78, 5) is 0. The number of rotatable bonds is 2. The van der Waals surface area contributed by atoms with Crippen LogP contribution in [0.3, 0.4) is 0 Å². The van der Waals surface area contributed by atoms with Crippen molar-refractivity contribution in [3.05, 3.63) is 0 Å². The highest BCUT2D eigenvalue weighted by molar-refractivity contribution is 7.99. The van der Waals surface area contributed by atoms with Gasteiger partial charge in [0.1, 0.15) is 0 Å². The molecule has 3 fully saturated rings. The molecule has 1 spiro atoms. The third kappa shape index (κ3) is 2.72. The maximum absolute atomic E-state index is 10.6. The number of thioether (sulfide) groups is 1. The van der Waals surface area contributed by atoms with E-state index < -0.39 is 0 Å². The van der Waals surface area contributed by atoms with Crippen LogP contribution in [0.4, 0.5) is 0 Å². The highest BCUT2D eigenvalue weighted by Crippen LogP contribution is 2.41. The number of nitrogens with one attached hydrogen (secondary N) is 1. The third-order valence-electron chi connectivity index (χ3n) is 4.93. The van der Waals surface area contributed by atoms with Gasteiger partial charge in [0.05, 0.1) is 11.7 Å². The average molecular weight is 271 g/mol. The molecule has 0 bridgehead atoms. The van der Waals surface area contributed by atoms with E-state index in [0.717, 1.165) is 32.4 Å². The molecule has 3 aliphatic rings. The first-order valence-electron chi connectivity index (χ1n) is 7.42. The minimum Gasteiger partial charge on any atom is -0.391 e. The Bertz CT molecular complexity index is 269. The fraction of sp³-hybridized carbons (Fsp3) is 1.00. The van der Waals surface area contributed by atoms with Gasteiger partial charge in [-0.25, -0.2) is 0 Å². The second-order valence-electron chi connectivity index (χ2n) is 6.09. The number of aliphatic hydroxyl groups is 1. The summed E-state index contributed by atoms with van der Waals surface area (Å²) >= 11 is 2.04. The largest absolute Gasteiger partial charge is 0.391 e. The van der Waals surface area contributed by atoms with Gasteiger partial charge in [-0.2, -0.15) is 11.8 Å². The van der Waals surface area contributed by atoms with Crippen LogP contribution in [-0.4, -0.2) is 47.5 Å². The molecule has 2 N–H and O–H groups in total.